The third kappa shape index (κ3) is 4.36. The number of rotatable bonds is 5. The Morgan fingerprint density at radius 3 is 1.64 bits per heavy atom. The van der Waals surface area contributed by atoms with Gasteiger partial charge in [0, 0.05) is 68.2 Å². The number of para-hydroxylation sites is 4. The molecule has 0 bridgehead atoms. The van der Waals surface area contributed by atoms with E-state index < -0.39 is 0 Å². The standard InChI is InChI=1S/C47H30N6/c1-4-15-31(16-5-1)47-50-43-41-36-22-10-12-24-38(36)51(34-18-6-2-7-19-34)44(41)42-37-23-11-13-25-39(37)53(45(42)46(43)52(47)35-20-8-3-9-21-35)40-27-26-33(30-49-40)32-17-14-28-48-29-32/h1-30H. The first-order valence-corrected chi connectivity index (χ1v) is 17.8. The predicted molar refractivity (Wildman–Crippen MR) is 216 cm³/mol. The van der Waals surface area contributed by atoms with E-state index in [4.69, 9.17) is 9.97 Å². The first-order chi connectivity index (χ1) is 26.3. The molecule has 0 atom stereocenters. The fraction of sp³-hybridized carbons (Fsp3) is 0. The second-order valence-electron chi connectivity index (χ2n) is 13.3. The molecule has 6 heteroatoms. The molecule has 248 valence electrons. The van der Waals surface area contributed by atoms with Crippen molar-refractivity contribution in [2.24, 2.45) is 0 Å². The first-order valence-electron chi connectivity index (χ1n) is 17.8. The van der Waals surface area contributed by atoms with Crippen LogP contribution in [0.25, 0.3) is 94.4 Å². The summed E-state index contributed by atoms with van der Waals surface area (Å²) in [7, 11) is 0. The van der Waals surface area contributed by atoms with Crippen molar-refractivity contribution in [3.05, 3.63) is 182 Å². The van der Waals surface area contributed by atoms with E-state index in [1.165, 1.54) is 0 Å². The molecule has 0 aliphatic rings. The Bertz CT molecular complexity index is 3120. The Morgan fingerprint density at radius 2 is 0.981 bits per heavy atom. The first kappa shape index (κ1) is 29.4. The van der Waals surface area contributed by atoms with Crippen LogP contribution < -0.4 is 0 Å². The van der Waals surface area contributed by atoms with E-state index in [1.54, 1.807) is 6.20 Å². The van der Waals surface area contributed by atoms with Gasteiger partial charge in [-0.1, -0.05) is 109 Å². The lowest BCUT2D eigenvalue weighted by molar-refractivity contribution is 1.07. The molecule has 6 nitrogen and oxygen atoms in total. The molecule has 11 aromatic rings. The van der Waals surface area contributed by atoms with E-state index in [0.29, 0.717) is 0 Å². The summed E-state index contributed by atoms with van der Waals surface area (Å²) < 4.78 is 7.11. The molecule has 0 unspecified atom stereocenters. The van der Waals surface area contributed by atoms with E-state index in [-0.39, 0.29) is 0 Å². The van der Waals surface area contributed by atoms with Crippen LogP contribution in [0.4, 0.5) is 0 Å². The van der Waals surface area contributed by atoms with Crippen molar-refractivity contribution in [3.8, 4) is 39.7 Å². The third-order valence-electron chi connectivity index (χ3n) is 10.4. The van der Waals surface area contributed by atoms with Crippen molar-refractivity contribution >= 4 is 54.6 Å². The maximum atomic E-state index is 5.66. The van der Waals surface area contributed by atoms with Gasteiger partial charge in [-0.3, -0.25) is 14.1 Å². The number of aromatic nitrogens is 6. The molecule has 0 saturated heterocycles. The molecule has 53 heavy (non-hydrogen) atoms. The van der Waals surface area contributed by atoms with Crippen LogP contribution in [0.5, 0.6) is 0 Å². The minimum Gasteiger partial charge on any atom is -0.308 e. The lowest BCUT2D eigenvalue weighted by Gasteiger charge is -2.14. The minimum atomic E-state index is 0.828. The van der Waals surface area contributed by atoms with Crippen molar-refractivity contribution < 1.29 is 0 Å². The molecule has 0 spiro atoms. The molecule has 0 aliphatic heterocycles. The van der Waals surface area contributed by atoms with Crippen LogP contribution in [0.3, 0.4) is 0 Å². The van der Waals surface area contributed by atoms with Gasteiger partial charge >= 0.3 is 0 Å². The van der Waals surface area contributed by atoms with Crippen LogP contribution in [-0.4, -0.2) is 28.7 Å². The number of hydrogen-bond acceptors (Lipinski definition) is 3. The van der Waals surface area contributed by atoms with Crippen LogP contribution in [0.15, 0.2) is 182 Å². The van der Waals surface area contributed by atoms with Gasteiger partial charge in [0.25, 0.3) is 0 Å². The summed E-state index contributed by atoms with van der Waals surface area (Å²) in [5.41, 5.74) is 11.6. The number of hydrogen-bond donors (Lipinski definition) is 0. The van der Waals surface area contributed by atoms with Crippen molar-refractivity contribution in [2.75, 3.05) is 0 Å². The van der Waals surface area contributed by atoms with Crippen LogP contribution in [0.2, 0.25) is 0 Å². The van der Waals surface area contributed by atoms with Crippen LogP contribution in [0.1, 0.15) is 0 Å². The van der Waals surface area contributed by atoms with Gasteiger partial charge in [0.05, 0.1) is 27.6 Å². The Labute approximate surface area is 304 Å². The van der Waals surface area contributed by atoms with Gasteiger partial charge < -0.3 is 4.57 Å². The number of nitrogens with zero attached hydrogens (tertiary/aromatic N) is 6. The smallest absolute Gasteiger partial charge is 0.145 e. The van der Waals surface area contributed by atoms with E-state index in [0.717, 1.165) is 94.4 Å². The molecule has 5 aromatic heterocycles. The van der Waals surface area contributed by atoms with Gasteiger partial charge in [-0.25, -0.2) is 9.97 Å². The Morgan fingerprint density at radius 1 is 0.396 bits per heavy atom. The highest BCUT2D eigenvalue weighted by Crippen LogP contribution is 2.48. The van der Waals surface area contributed by atoms with Gasteiger partial charge in [0.1, 0.15) is 17.2 Å². The normalized spacial score (nSPS) is 11.8. The second kappa shape index (κ2) is 11.6. The summed E-state index contributed by atoms with van der Waals surface area (Å²) in [6, 6.07) is 57.5. The number of pyridine rings is 2. The zero-order valence-electron chi connectivity index (χ0n) is 28.5. The third-order valence-corrected chi connectivity index (χ3v) is 10.4. The molecule has 0 aliphatic carbocycles. The Balaban J connectivity index is 1.41. The summed E-state index contributed by atoms with van der Waals surface area (Å²) in [5, 5.41) is 4.58. The average molecular weight is 679 g/mol. The number of benzene rings is 6. The highest BCUT2D eigenvalue weighted by atomic mass is 15.1. The van der Waals surface area contributed by atoms with Gasteiger partial charge in [-0.05, 0) is 54.6 Å². The Kier molecular flexibility index (Phi) is 6.45. The van der Waals surface area contributed by atoms with E-state index in [1.807, 2.05) is 18.5 Å². The zero-order chi connectivity index (χ0) is 34.9. The second-order valence-corrected chi connectivity index (χ2v) is 13.3. The van der Waals surface area contributed by atoms with Gasteiger partial charge in [-0.2, -0.15) is 0 Å². The molecule has 11 rings (SSSR count). The van der Waals surface area contributed by atoms with Gasteiger partial charge in [0.2, 0.25) is 0 Å². The minimum absolute atomic E-state index is 0.828. The summed E-state index contributed by atoms with van der Waals surface area (Å²) >= 11 is 0. The van der Waals surface area contributed by atoms with Gasteiger partial charge in [0.15, 0.2) is 0 Å². The number of imidazole rings is 1. The van der Waals surface area contributed by atoms with E-state index >= 15 is 0 Å². The van der Waals surface area contributed by atoms with Crippen LogP contribution >= 0.6 is 0 Å². The Hall–Kier alpha value is -7.31. The van der Waals surface area contributed by atoms with Gasteiger partial charge in [-0.15, -0.1) is 0 Å². The lowest BCUT2D eigenvalue weighted by atomic mass is 10.1. The summed E-state index contributed by atoms with van der Waals surface area (Å²) in [6.45, 7) is 0. The van der Waals surface area contributed by atoms with Crippen LogP contribution in [-0.2, 0) is 0 Å². The molecule has 0 radical (unpaired) electrons. The molecular weight excluding hydrogens is 649 g/mol. The van der Waals surface area contributed by atoms with Crippen molar-refractivity contribution in [1.29, 1.82) is 0 Å². The fourth-order valence-corrected chi connectivity index (χ4v) is 8.15. The monoisotopic (exact) mass is 678 g/mol. The van der Waals surface area contributed by atoms with E-state index in [2.05, 4.69) is 176 Å². The van der Waals surface area contributed by atoms with Crippen molar-refractivity contribution in [1.82, 2.24) is 28.7 Å². The molecule has 5 heterocycles. The summed E-state index contributed by atoms with van der Waals surface area (Å²) in [4.78, 5) is 15.2. The predicted octanol–water partition coefficient (Wildman–Crippen LogP) is 11.3. The topological polar surface area (TPSA) is 53.5 Å². The fourth-order valence-electron chi connectivity index (χ4n) is 8.15. The molecule has 6 aromatic carbocycles. The highest BCUT2D eigenvalue weighted by molar-refractivity contribution is 6.36. The zero-order valence-corrected chi connectivity index (χ0v) is 28.5. The SMILES string of the molecule is c1ccc(-c2nc3c4c5ccccc5n(-c5ccccc5)c4c4c5ccccc5n(-c5ccc(-c6cccnc6)cn5)c4c3n2-c2ccccc2)cc1. The highest BCUT2D eigenvalue weighted by Gasteiger charge is 2.29. The van der Waals surface area contributed by atoms with Crippen LogP contribution in [0, 0.1) is 0 Å². The average Bonchev–Trinajstić information content (AvgIpc) is 3.91. The molecule has 0 fully saturated rings. The van der Waals surface area contributed by atoms with Crippen molar-refractivity contribution in [2.45, 2.75) is 0 Å². The maximum Gasteiger partial charge on any atom is 0.145 e. The molecule has 0 saturated carbocycles. The van der Waals surface area contributed by atoms with Crippen molar-refractivity contribution in [3.63, 3.8) is 0 Å². The maximum absolute atomic E-state index is 5.66. The quantitative estimate of drug-likeness (QED) is 0.182. The number of fused-ring (bicyclic) bond motifs is 10. The molecule has 0 amide bonds. The largest absolute Gasteiger partial charge is 0.308 e. The molecular formula is C47H30N6. The van der Waals surface area contributed by atoms with E-state index in [9.17, 15) is 0 Å². The summed E-state index contributed by atoms with van der Waals surface area (Å²) in [6.07, 6.45) is 5.63. The molecule has 0 N–H and O–H groups in total. The summed E-state index contributed by atoms with van der Waals surface area (Å²) in [5.74, 6) is 1.71. The lowest BCUT2D eigenvalue weighted by Crippen LogP contribution is -2.02.